The van der Waals surface area contributed by atoms with E-state index in [4.69, 9.17) is 0 Å². The summed E-state index contributed by atoms with van der Waals surface area (Å²) in [5, 5.41) is 13.0. The quantitative estimate of drug-likeness (QED) is 0.710. The molecule has 0 saturated heterocycles. The molecular weight excluding hydrogens is 339 g/mol. The largest absolute Gasteiger partial charge is 0.479 e. The molecule has 0 saturated carbocycles. The molecule has 4 heteroatoms. The smallest absolute Gasteiger partial charge is 0.342 e. The fourth-order valence-corrected chi connectivity index (χ4v) is 6.86. The summed E-state index contributed by atoms with van der Waals surface area (Å²) in [6.07, 6.45) is 0.116. The average molecular weight is 358 g/mol. The zero-order chi connectivity index (χ0) is 16.1. The summed E-state index contributed by atoms with van der Waals surface area (Å²) in [6, 6.07) is 30.1. The van der Waals surface area contributed by atoms with E-state index in [9.17, 15) is 9.90 Å². The second kappa shape index (κ2) is 8.10. The molecule has 2 nitrogen and oxygen atoms in total. The second-order valence-corrected chi connectivity index (χ2v) is 8.85. The Morgan fingerprint density at radius 3 is 1.21 bits per heavy atom. The van der Waals surface area contributed by atoms with Gasteiger partial charge in [-0.3, -0.25) is 0 Å². The fraction of sp³-hybridized carbons (Fsp3) is 0.0500. The van der Waals surface area contributed by atoms with Crippen molar-refractivity contribution in [3.05, 3.63) is 91.0 Å². The maximum atomic E-state index is 11.8. The molecule has 0 aromatic heterocycles. The van der Waals surface area contributed by atoms with Gasteiger partial charge in [0.2, 0.25) is 0 Å². The van der Waals surface area contributed by atoms with Crippen LogP contribution in [0.4, 0.5) is 0 Å². The van der Waals surface area contributed by atoms with Gasteiger partial charge in [-0.05, 0) is 36.4 Å². The molecule has 0 fully saturated rings. The van der Waals surface area contributed by atoms with Crippen LogP contribution in [0, 0.1) is 0 Å². The van der Waals surface area contributed by atoms with E-state index in [1.165, 1.54) is 0 Å². The van der Waals surface area contributed by atoms with Crippen LogP contribution >= 0.6 is 19.7 Å². The van der Waals surface area contributed by atoms with E-state index in [1.54, 1.807) is 0 Å². The molecule has 0 unspecified atom stereocenters. The van der Waals surface area contributed by atoms with Crippen molar-refractivity contribution in [2.45, 2.75) is 0 Å². The molecule has 0 amide bonds. The highest BCUT2D eigenvalue weighted by Gasteiger charge is 2.47. The highest BCUT2D eigenvalue weighted by atomic mass is 35.5. The van der Waals surface area contributed by atoms with Gasteiger partial charge in [0, 0.05) is 0 Å². The van der Waals surface area contributed by atoms with Crippen molar-refractivity contribution in [3.63, 3.8) is 0 Å². The van der Waals surface area contributed by atoms with E-state index >= 15 is 0 Å². The Balaban J connectivity index is 0.00000208. The number of carboxylic acids is 1. The first kappa shape index (κ1) is 18.2. The van der Waals surface area contributed by atoms with Crippen molar-refractivity contribution < 1.29 is 9.90 Å². The third-order valence-corrected chi connectivity index (χ3v) is 8.25. The van der Waals surface area contributed by atoms with Gasteiger partial charge in [0.25, 0.3) is 0 Å². The molecule has 0 aliphatic rings. The first-order chi connectivity index (χ1) is 11.2. The molecule has 0 radical (unpaired) electrons. The average Bonchev–Trinajstić information content (AvgIpc) is 2.62. The van der Waals surface area contributed by atoms with Gasteiger partial charge >= 0.3 is 5.97 Å². The van der Waals surface area contributed by atoms with E-state index < -0.39 is 13.2 Å². The van der Waals surface area contributed by atoms with Crippen molar-refractivity contribution in [2.24, 2.45) is 0 Å². The van der Waals surface area contributed by atoms with Gasteiger partial charge in [0.05, 0.1) is 0 Å². The number of carboxylic acid groups (broad SMARTS) is 1. The standard InChI is InChI=1S/C20H17O2P.ClH/c21-20(22)16-23(17-10-4-1-5-11-17,18-12-6-2-7-13-18)19-14-8-3-9-15-19;/h1-15H,16H2;1H/p+1. The zero-order valence-corrected chi connectivity index (χ0v) is 14.8. The lowest BCUT2D eigenvalue weighted by atomic mass is 10.4. The zero-order valence-electron chi connectivity index (χ0n) is 13.1. The molecule has 0 aliphatic heterocycles. The number of hydrogen-bond donors (Lipinski definition) is 1. The SMILES string of the molecule is Cl.O=C(O)C[P+](c1ccccc1)(c1ccccc1)c1ccccc1. The monoisotopic (exact) mass is 357 g/mol. The van der Waals surface area contributed by atoms with Crippen LogP contribution < -0.4 is 15.9 Å². The number of benzene rings is 3. The van der Waals surface area contributed by atoms with Crippen molar-refractivity contribution in [3.8, 4) is 0 Å². The molecule has 0 heterocycles. The first-order valence-electron chi connectivity index (χ1n) is 7.50. The van der Waals surface area contributed by atoms with Gasteiger partial charge in [-0.25, -0.2) is 4.79 Å². The lowest BCUT2D eigenvalue weighted by Crippen LogP contribution is -2.35. The molecule has 0 bridgehead atoms. The van der Waals surface area contributed by atoms with Gasteiger partial charge in [-0.2, -0.15) is 0 Å². The van der Waals surface area contributed by atoms with Crippen molar-refractivity contribution in [2.75, 3.05) is 6.16 Å². The molecule has 0 spiro atoms. The summed E-state index contributed by atoms with van der Waals surface area (Å²) < 4.78 is 0. The molecule has 3 aromatic carbocycles. The van der Waals surface area contributed by atoms with Crippen LogP contribution in [-0.2, 0) is 4.79 Å². The third-order valence-electron chi connectivity index (χ3n) is 3.96. The lowest BCUT2D eigenvalue weighted by molar-refractivity contribution is -0.134. The normalized spacial score (nSPS) is 10.7. The summed E-state index contributed by atoms with van der Waals surface area (Å²) in [6.45, 7) is 0. The maximum Gasteiger partial charge on any atom is 0.342 e. The highest BCUT2D eigenvalue weighted by molar-refractivity contribution is 7.96. The van der Waals surface area contributed by atoms with E-state index in [0.717, 1.165) is 15.9 Å². The fourth-order valence-electron chi connectivity index (χ4n) is 2.97. The Morgan fingerprint density at radius 1 is 0.667 bits per heavy atom. The summed E-state index contributed by atoms with van der Waals surface area (Å²) in [5.74, 6) is -0.769. The first-order valence-corrected chi connectivity index (χ1v) is 9.47. The predicted octanol–water partition coefficient (Wildman–Crippen LogP) is 3.49. The Bertz CT molecular complexity index is 680. The number of hydrogen-bond acceptors (Lipinski definition) is 1. The van der Waals surface area contributed by atoms with Crippen LogP contribution in [0.2, 0.25) is 0 Å². The molecular formula is C20H19ClO2P+. The Hall–Kier alpha value is -2.15. The van der Waals surface area contributed by atoms with Crippen LogP contribution in [0.5, 0.6) is 0 Å². The third kappa shape index (κ3) is 3.51. The molecule has 24 heavy (non-hydrogen) atoms. The Morgan fingerprint density at radius 2 is 0.958 bits per heavy atom. The van der Waals surface area contributed by atoms with Gasteiger partial charge in [-0.15, -0.1) is 12.4 Å². The number of carbonyl (C=O) groups is 1. The minimum Gasteiger partial charge on any atom is -0.479 e. The van der Waals surface area contributed by atoms with Crippen LogP contribution in [0.15, 0.2) is 91.0 Å². The molecule has 1 N–H and O–H groups in total. The minimum atomic E-state index is -2.21. The molecule has 0 atom stereocenters. The molecule has 122 valence electrons. The van der Waals surface area contributed by atoms with Gasteiger partial charge in [0.1, 0.15) is 23.2 Å². The topological polar surface area (TPSA) is 37.3 Å². The van der Waals surface area contributed by atoms with Crippen molar-refractivity contribution >= 4 is 41.6 Å². The Kier molecular flexibility index (Phi) is 6.14. The van der Waals surface area contributed by atoms with Crippen molar-refractivity contribution in [1.82, 2.24) is 0 Å². The summed E-state index contributed by atoms with van der Waals surface area (Å²) in [7, 11) is -2.21. The minimum absolute atomic E-state index is 0. The summed E-state index contributed by atoms with van der Waals surface area (Å²) in [4.78, 5) is 11.8. The maximum absolute atomic E-state index is 11.8. The highest BCUT2D eigenvalue weighted by Crippen LogP contribution is 2.54. The molecule has 3 aromatic rings. The number of aliphatic carboxylic acids is 1. The summed E-state index contributed by atoms with van der Waals surface area (Å²) in [5.41, 5.74) is 0. The van der Waals surface area contributed by atoms with Crippen LogP contribution in [0.25, 0.3) is 0 Å². The second-order valence-electron chi connectivity index (χ2n) is 5.37. The van der Waals surface area contributed by atoms with Crippen molar-refractivity contribution in [1.29, 1.82) is 0 Å². The predicted molar refractivity (Wildman–Crippen MR) is 105 cm³/mol. The summed E-state index contributed by atoms with van der Waals surface area (Å²) >= 11 is 0. The van der Waals surface area contributed by atoms with Crippen LogP contribution in [0.3, 0.4) is 0 Å². The van der Waals surface area contributed by atoms with Gasteiger partial charge < -0.3 is 5.11 Å². The lowest BCUT2D eigenvalue weighted by Gasteiger charge is -2.25. The van der Waals surface area contributed by atoms with E-state index in [-0.39, 0.29) is 18.6 Å². The number of halogens is 1. The van der Waals surface area contributed by atoms with E-state index in [0.29, 0.717) is 0 Å². The molecule has 0 aliphatic carbocycles. The molecule has 3 rings (SSSR count). The van der Waals surface area contributed by atoms with Gasteiger partial charge in [0.15, 0.2) is 6.16 Å². The van der Waals surface area contributed by atoms with Crippen LogP contribution in [0.1, 0.15) is 0 Å². The van der Waals surface area contributed by atoms with Crippen LogP contribution in [-0.4, -0.2) is 17.2 Å². The Labute approximate surface area is 148 Å². The number of rotatable bonds is 5. The van der Waals surface area contributed by atoms with Gasteiger partial charge in [-0.1, -0.05) is 54.6 Å². The van der Waals surface area contributed by atoms with E-state index in [1.807, 2.05) is 54.6 Å². The van der Waals surface area contributed by atoms with E-state index in [2.05, 4.69) is 36.4 Å².